The number of benzene rings is 1. The molecule has 2 rings (SSSR count). The van der Waals surface area contributed by atoms with Crippen LogP contribution in [0.5, 0.6) is 5.75 Å². The highest BCUT2D eigenvalue weighted by molar-refractivity contribution is 5.93. The van der Waals surface area contributed by atoms with Gasteiger partial charge in [0.2, 0.25) is 5.91 Å². The Balaban J connectivity index is 2.01. The van der Waals surface area contributed by atoms with Crippen molar-refractivity contribution in [1.29, 1.82) is 0 Å². The topological polar surface area (TPSA) is 84.7 Å². The Labute approximate surface area is 135 Å². The Kier molecular flexibility index (Phi) is 5.54. The third kappa shape index (κ3) is 4.66. The van der Waals surface area contributed by atoms with Crippen molar-refractivity contribution in [2.75, 3.05) is 32.1 Å². The molecule has 0 saturated carbocycles. The molecule has 1 aliphatic rings. The normalized spacial score (nSPS) is 21.7. The summed E-state index contributed by atoms with van der Waals surface area (Å²) in [5, 5.41) is 13.6. The number of likely N-dealkylation sites (tertiary alicyclic amines) is 1. The molecule has 7 nitrogen and oxygen atoms in total. The molecule has 0 bridgehead atoms. The molecule has 1 N–H and O–H groups in total. The SMILES string of the molecule is COc1cc([N+](=O)[O-])ccc1NC(=O)CN1CC(C)CC(C)C1. The number of rotatable bonds is 5. The first-order valence-corrected chi connectivity index (χ1v) is 7.73. The molecule has 1 amide bonds. The molecule has 0 aliphatic carbocycles. The lowest BCUT2D eigenvalue weighted by Gasteiger charge is -2.34. The van der Waals surface area contributed by atoms with Crippen molar-refractivity contribution < 1.29 is 14.5 Å². The minimum atomic E-state index is -0.495. The van der Waals surface area contributed by atoms with E-state index >= 15 is 0 Å². The number of carbonyl (C=O) groups excluding carboxylic acids is 1. The summed E-state index contributed by atoms with van der Waals surface area (Å²) >= 11 is 0. The Morgan fingerprint density at radius 3 is 2.61 bits per heavy atom. The zero-order chi connectivity index (χ0) is 17.0. The van der Waals surface area contributed by atoms with Gasteiger partial charge in [-0.2, -0.15) is 0 Å². The molecule has 2 unspecified atom stereocenters. The number of hydrogen-bond acceptors (Lipinski definition) is 5. The molecular formula is C16H23N3O4. The van der Waals surface area contributed by atoms with E-state index in [4.69, 9.17) is 4.74 Å². The lowest BCUT2D eigenvalue weighted by Crippen LogP contribution is -2.42. The predicted molar refractivity (Wildman–Crippen MR) is 87.7 cm³/mol. The maximum absolute atomic E-state index is 12.2. The van der Waals surface area contributed by atoms with Gasteiger partial charge in [-0.15, -0.1) is 0 Å². The van der Waals surface area contributed by atoms with E-state index in [0.29, 0.717) is 24.1 Å². The minimum Gasteiger partial charge on any atom is -0.494 e. The smallest absolute Gasteiger partial charge is 0.273 e. The molecule has 0 radical (unpaired) electrons. The number of amides is 1. The average molecular weight is 321 g/mol. The van der Waals surface area contributed by atoms with E-state index in [-0.39, 0.29) is 17.3 Å². The summed E-state index contributed by atoms with van der Waals surface area (Å²) in [6, 6.07) is 4.15. The number of piperidine rings is 1. The molecule has 2 atom stereocenters. The lowest BCUT2D eigenvalue weighted by atomic mass is 9.92. The third-order valence-corrected chi connectivity index (χ3v) is 3.98. The fourth-order valence-corrected chi connectivity index (χ4v) is 3.21. The first kappa shape index (κ1) is 17.2. The first-order chi connectivity index (χ1) is 10.9. The van der Waals surface area contributed by atoms with E-state index in [2.05, 4.69) is 24.1 Å². The van der Waals surface area contributed by atoms with Gasteiger partial charge in [0.15, 0.2) is 0 Å². The number of non-ortho nitro benzene ring substituents is 1. The summed E-state index contributed by atoms with van der Waals surface area (Å²) in [5.74, 6) is 1.31. The molecule has 1 heterocycles. The standard InChI is InChI=1S/C16H23N3O4/c1-11-6-12(2)9-18(8-11)10-16(20)17-14-5-4-13(19(21)22)7-15(14)23-3/h4-5,7,11-12H,6,8-10H2,1-3H3,(H,17,20). The Morgan fingerprint density at radius 2 is 2.04 bits per heavy atom. The van der Waals surface area contributed by atoms with Crippen molar-refractivity contribution in [3.63, 3.8) is 0 Å². The van der Waals surface area contributed by atoms with Crippen molar-refractivity contribution in [3.8, 4) is 5.75 Å². The van der Waals surface area contributed by atoms with Gasteiger partial charge < -0.3 is 10.1 Å². The van der Waals surface area contributed by atoms with Gasteiger partial charge in [0, 0.05) is 19.2 Å². The molecule has 0 aromatic heterocycles. The molecule has 1 saturated heterocycles. The average Bonchev–Trinajstić information content (AvgIpc) is 2.46. The molecule has 1 aliphatic heterocycles. The van der Waals surface area contributed by atoms with Crippen molar-refractivity contribution >= 4 is 17.3 Å². The van der Waals surface area contributed by atoms with Gasteiger partial charge in [0.25, 0.3) is 5.69 Å². The number of nitro groups is 1. The van der Waals surface area contributed by atoms with E-state index < -0.39 is 4.92 Å². The highest BCUT2D eigenvalue weighted by atomic mass is 16.6. The highest BCUT2D eigenvalue weighted by Crippen LogP contribution is 2.29. The predicted octanol–water partition coefficient (Wildman–Crippen LogP) is 2.52. The van der Waals surface area contributed by atoms with Crippen molar-refractivity contribution in [3.05, 3.63) is 28.3 Å². The van der Waals surface area contributed by atoms with E-state index in [1.807, 2.05) is 0 Å². The van der Waals surface area contributed by atoms with Gasteiger partial charge in [-0.25, -0.2) is 0 Å². The second-order valence-electron chi connectivity index (χ2n) is 6.33. The summed E-state index contributed by atoms with van der Waals surface area (Å²) < 4.78 is 5.13. The Bertz CT molecular complexity index is 581. The number of methoxy groups -OCH3 is 1. The lowest BCUT2D eigenvalue weighted by molar-refractivity contribution is -0.384. The van der Waals surface area contributed by atoms with Crippen LogP contribution in [0.4, 0.5) is 11.4 Å². The van der Waals surface area contributed by atoms with Crippen LogP contribution >= 0.6 is 0 Å². The largest absolute Gasteiger partial charge is 0.494 e. The van der Waals surface area contributed by atoms with Gasteiger partial charge in [0.1, 0.15) is 5.75 Å². The Hall–Kier alpha value is -2.15. The quantitative estimate of drug-likeness (QED) is 0.665. The van der Waals surface area contributed by atoms with Gasteiger partial charge in [-0.05, 0) is 24.3 Å². The summed E-state index contributed by atoms with van der Waals surface area (Å²) in [5.41, 5.74) is 0.375. The Morgan fingerprint density at radius 1 is 1.39 bits per heavy atom. The van der Waals surface area contributed by atoms with Crippen molar-refractivity contribution in [1.82, 2.24) is 4.90 Å². The van der Waals surface area contributed by atoms with Crippen LogP contribution in [0.3, 0.4) is 0 Å². The number of hydrogen-bond donors (Lipinski definition) is 1. The zero-order valence-electron chi connectivity index (χ0n) is 13.7. The van der Waals surface area contributed by atoms with Crippen LogP contribution in [0.1, 0.15) is 20.3 Å². The second kappa shape index (κ2) is 7.41. The molecule has 0 spiro atoms. The molecule has 1 aromatic carbocycles. The number of carbonyl (C=O) groups is 1. The fourth-order valence-electron chi connectivity index (χ4n) is 3.21. The van der Waals surface area contributed by atoms with E-state index in [1.165, 1.54) is 31.7 Å². The van der Waals surface area contributed by atoms with E-state index in [9.17, 15) is 14.9 Å². The fraction of sp³-hybridized carbons (Fsp3) is 0.562. The van der Waals surface area contributed by atoms with Crippen molar-refractivity contribution in [2.24, 2.45) is 11.8 Å². The van der Waals surface area contributed by atoms with Crippen LogP contribution in [-0.4, -0.2) is 42.5 Å². The summed E-state index contributed by atoms with van der Waals surface area (Å²) in [4.78, 5) is 24.7. The first-order valence-electron chi connectivity index (χ1n) is 7.73. The van der Waals surface area contributed by atoms with Crippen LogP contribution in [0.15, 0.2) is 18.2 Å². The molecule has 126 valence electrons. The van der Waals surface area contributed by atoms with Crippen LogP contribution in [0.25, 0.3) is 0 Å². The van der Waals surface area contributed by atoms with E-state index in [1.54, 1.807) is 0 Å². The monoisotopic (exact) mass is 321 g/mol. The van der Waals surface area contributed by atoms with Crippen LogP contribution < -0.4 is 10.1 Å². The summed E-state index contributed by atoms with van der Waals surface area (Å²) in [6.07, 6.45) is 1.19. The van der Waals surface area contributed by atoms with Gasteiger partial charge in [-0.3, -0.25) is 19.8 Å². The van der Waals surface area contributed by atoms with Gasteiger partial charge >= 0.3 is 0 Å². The number of nitro benzene ring substituents is 1. The minimum absolute atomic E-state index is 0.0708. The van der Waals surface area contributed by atoms with Gasteiger partial charge in [-0.1, -0.05) is 13.8 Å². The molecule has 1 fully saturated rings. The van der Waals surface area contributed by atoms with Crippen LogP contribution in [0.2, 0.25) is 0 Å². The molecule has 23 heavy (non-hydrogen) atoms. The highest BCUT2D eigenvalue weighted by Gasteiger charge is 2.23. The number of anilines is 1. The second-order valence-corrected chi connectivity index (χ2v) is 6.33. The van der Waals surface area contributed by atoms with Crippen molar-refractivity contribution in [2.45, 2.75) is 20.3 Å². The number of nitrogens with one attached hydrogen (secondary N) is 1. The maximum Gasteiger partial charge on any atom is 0.273 e. The van der Waals surface area contributed by atoms with E-state index in [0.717, 1.165) is 13.1 Å². The van der Waals surface area contributed by atoms with Crippen LogP contribution in [-0.2, 0) is 4.79 Å². The molecule has 7 heteroatoms. The number of nitrogens with zero attached hydrogens (tertiary/aromatic N) is 2. The summed E-state index contributed by atoms with van der Waals surface area (Å²) in [6.45, 7) is 6.53. The van der Waals surface area contributed by atoms with Crippen LogP contribution in [0, 0.1) is 22.0 Å². The zero-order valence-corrected chi connectivity index (χ0v) is 13.7. The maximum atomic E-state index is 12.2. The third-order valence-electron chi connectivity index (χ3n) is 3.98. The van der Waals surface area contributed by atoms with Gasteiger partial charge in [0.05, 0.1) is 30.3 Å². The molecular weight excluding hydrogens is 298 g/mol. The molecule has 1 aromatic rings. The summed E-state index contributed by atoms with van der Waals surface area (Å²) in [7, 11) is 1.42. The number of ether oxygens (including phenoxy) is 1.